The predicted octanol–water partition coefficient (Wildman–Crippen LogP) is 5.49. The zero-order valence-electron chi connectivity index (χ0n) is 19.3. The van der Waals surface area contributed by atoms with Crippen LogP contribution in [0.25, 0.3) is 16.6 Å². The molecule has 0 radical (unpaired) electrons. The van der Waals surface area contributed by atoms with Crippen LogP contribution < -0.4 is 5.56 Å². The van der Waals surface area contributed by atoms with Crippen molar-refractivity contribution in [3.05, 3.63) is 69.8 Å². The summed E-state index contributed by atoms with van der Waals surface area (Å²) in [5.74, 6) is 0.710. The third-order valence-electron chi connectivity index (χ3n) is 5.90. The molecule has 0 spiro atoms. The van der Waals surface area contributed by atoms with Gasteiger partial charge in [0.2, 0.25) is 5.91 Å². The van der Waals surface area contributed by atoms with Crippen molar-refractivity contribution in [2.24, 2.45) is 0 Å². The van der Waals surface area contributed by atoms with Gasteiger partial charge in [0.05, 0.1) is 22.6 Å². The highest BCUT2D eigenvalue weighted by Gasteiger charge is 2.26. The van der Waals surface area contributed by atoms with Crippen LogP contribution in [0.5, 0.6) is 0 Å². The van der Waals surface area contributed by atoms with E-state index in [1.165, 1.54) is 0 Å². The van der Waals surface area contributed by atoms with Crippen LogP contribution in [0.15, 0.2) is 47.3 Å². The molecule has 3 rings (SSSR count). The summed E-state index contributed by atoms with van der Waals surface area (Å²) in [6, 6.07) is 13.2. The Morgan fingerprint density at radius 3 is 2.55 bits per heavy atom. The summed E-state index contributed by atoms with van der Waals surface area (Å²) in [7, 11) is 0. The quantitative estimate of drug-likeness (QED) is 0.454. The number of para-hydroxylation sites is 1. The van der Waals surface area contributed by atoms with Gasteiger partial charge in [-0.2, -0.15) is 0 Å². The van der Waals surface area contributed by atoms with E-state index >= 15 is 0 Å². The normalized spacial score (nSPS) is 12.2. The summed E-state index contributed by atoms with van der Waals surface area (Å²) < 4.78 is 1.71. The van der Waals surface area contributed by atoms with E-state index in [4.69, 9.17) is 4.98 Å². The van der Waals surface area contributed by atoms with Crippen molar-refractivity contribution >= 4 is 16.8 Å². The molecule has 1 atom stereocenters. The molecule has 2 aromatic carbocycles. The van der Waals surface area contributed by atoms with Gasteiger partial charge in [0.25, 0.3) is 5.56 Å². The van der Waals surface area contributed by atoms with Crippen LogP contribution in [0.3, 0.4) is 0 Å². The Hall–Kier alpha value is -2.95. The van der Waals surface area contributed by atoms with Gasteiger partial charge in [-0.25, -0.2) is 4.98 Å². The van der Waals surface area contributed by atoms with Crippen molar-refractivity contribution in [2.75, 3.05) is 6.54 Å². The number of aromatic nitrogens is 2. The number of benzene rings is 2. The molecule has 0 bridgehead atoms. The second kappa shape index (κ2) is 9.90. The van der Waals surface area contributed by atoms with Gasteiger partial charge in [0.1, 0.15) is 5.82 Å². The minimum atomic E-state index is -0.323. The molecule has 0 aliphatic rings. The molecule has 1 amide bonds. The Labute approximate surface area is 184 Å². The number of hydrogen-bond donors (Lipinski definition) is 0. The molecular formula is C26H33N3O2. The van der Waals surface area contributed by atoms with Crippen LogP contribution in [0.4, 0.5) is 0 Å². The number of amides is 1. The number of fused-ring (bicyclic) bond motifs is 1. The first kappa shape index (κ1) is 22.7. The first-order valence-electron chi connectivity index (χ1n) is 11.3. The van der Waals surface area contributed by atoms with Crippen LogP contribution in [0.2, 0.25) is 0 Å². The largest absolute Gasteiger partial charge is 0.333 e. The van der Waals surface area contributed by atoms with Gasteiger partial charge in [-0.3, -0.25) is 14.2 Å². The summed E-state index contributed by atoms with van der Waals surface area (Å²) >= 11 is 0. The fourth-order valence-corrected chi connectivity index (χ4v) is 4.10. The van der Waals surface area contributed by atoms with Crippen LogP contribution >= 0.6 is 0 Å². The zero-order valence-corrected chi connectivity index (χ0v) is 19.3. The minimum Gasteiger partial charge on any atom is -0.333 e. The molecule has 31 heavy (non-hydrogen) atoms. The lowest BCUT2D eigenvalue weighted by atomic mass is 10.1. The van der Waals surface area contributed by atoms with Gasteiger partial charge in [-0.1, -0.05) is 44.0 Å². The fourth-order valence-electron chi connectivity index (χ4n) is 4.10. The van der Waals surface area contributed by atoms with Gasteiger partial charge in [-0.05, 0) is 63.4 Å². The molecule has 5 nitrogen and oxygen atoms in total. The third-order valence-corrected chi connectivity index (χ3v) is 5.90. The Kier molecular flexibility index (Phi) is 7.26. The van der Waals surface area contributed by atoms with E-state index in [9.17, 15) is 9.59 Å². The van der Waals surface area contributed by atoms with E-state index < -0.39 is 0 Å². The van der Waals surface area contributed by atoms with Crippen molar-refractivity contribution in [3.63, 3.8) is 0 Å². The Bertz CT molecular complexity index is 1130. The summed E-state index contributed by atoms with van der Waals surface area (Å²) in [5, 5.41) is 0.580. The maximum atomic E-state index is 13.6. The molecule has 1 heterocycles. The van der Waals surface area contributed by atoms with E-state index in [-0.39, 0.29) is 17.5 Å². The summed E-state index contributed by atoms with van der Waals surface area (Å²) in [6.07, 6.45) is 3.52. The average Bonchev–Trinajstić information content (AvgIpc) is 2.76. The lowest BCUT2D eigenvalue weighted by molar-refractivity contribution is -0.133. The predicted molar refractivity (Wildman–Crippen MR) is 127 cm³/mol. The average molecular weight is 420 g/mol. The number of aryl methyl sites for hydroxylation is 2. The number of carbonyl (C=O) groups excluding carboxylic acids is 1. The molecule has 164 valence electrons. The van der Waals surface area contributed by atoms with E-state index in [0.717, 1.165) is 36.1 Å². The molecule has 0 fully saturated rings. The summed E-state index contributed by atoms with van der Waals surface area (Å²) in [5.41, 5.74) is 3.44. The third kappa shape index (κ3) is 4.71. The summed E-state index contributed by atoms with van der Waals surface area (Å²) in [6.45, 7) is 10.7. The molecule has 0 aliphatic heterocycles. The highest BCUT2D eigenvalue weighted by atomic mass is 16.2. The van der Waals surface area contributed by atoms with Crippen molar-refractivity contribution in [1.29, 1.82) is 0 Å². The molecule has 0 saturated carbocycles. The van der Waals surface area contributed by atoms with E-state index in [2.05, 4.69) is 6.92 Å². The molecule has 0 N–H and O–H groups in total. The molecular weight excluding hydrogens is 386 g/mol. The lowest BCUT2D eigenvalue weighted by Gasteiger charge is -2.30. The standard InChI is InChI=1S/C26H33N3O2/c1-6-8-9-14-24(30)28(7-2)20(5)25-27-22-13-11-10-12-21(22)26(31)29(25)23-17-18(3)15-16-19(23)4/h10-13,15-17,20H,6-9,14H2,1-5H3. The van der Waals surface area contributed by atoms with Gasteiger partial charge in [0, 0.05) is 13.0 Å². The van der Waals surface area contributed by atoms with Crippen molar-refractivity contribution < 1.29 is 4.79 Å². The minimum absolute atomic E-state index is 0.101. The maximum Gasteiger partial charge on any atom is 0.266 e. The highest BCUT2D eigenvalue weighted by molar-refractivity contribution is 5.79. The smallest absolute Gasteiger partial charge is 0.266 e. The number of rotatable bonds is 8. The van der Waals surface area contributed by atoms with E-state index in [1.54, 1.807) is 4.57 Å². The molecule has 0 aliphatic carbocycles. The Morgan fingerprint density at radius 2 is 1.84 bits per heavy atom. The number of hydrogen-bond acceptors (Lipinski definition) is 3. The second-order valence-corrected chi connectivity index (χ2v) is 8.23. The van der Waals surface area contributed by atoms with Crippen molar-refractivity contribution in [3.8, 4) is 5.69 Å². The first-order valence-corrected chi connectivity index (χ1v) is 11.3. The van der Waals surface area contributed by atoms with Crippen LogP contribution in [-0.4, -0.2) is 26.9 Å². The molecule has 0 saturated heterocycles. The van der Waals surface area contributed by atoms with Crippen LogP contribution in [0, 0.1) is 13.8 Å². The Balaban J connectivity index is 2.19. The second-order valence-electron chi connectivity index (χ2n) is 8.23. The lowest BCUT2D eigenvalue weighted by Crippen LogP contribution is -2.37. The van der Waals surface area contributed by atoms with Gasteiger partial charge in [0.15, 0.2) is 0 Å². The topological polar surface area (TPSA) is 55.2 Å². The number of nitrogens with zero attached hydrogens (tertiary/aromatic N) is 3. The molecule has 5 heteroatoms. The van der Waals surface area contributed by atoms with Crippen molar-refractivity contribution in [2.45, 2.75) is 66.3 Å². The summed E-state index contributed by atoms with van der Waals surface area (Å²) in [4.78, 5) is 33.4. The fraction of sp³-hybridized carbons (Fsp3) is 0.423. The SMILES string of the molecule is CCCCCC(=O)N(CC)C(C)c1nc2ccccc2c(=O)n1-c1cc(C)ccc1C. The van der Waals surface area contributed by atoms with Crippen LogP contribution in [0.1, 0.15) is 69.4 Å². The van der Waals surface area contributed by atoms with E-state index in [0.29, 0.717) is 29.7 Å². The number of carbonyl (C=O) groups is 1. The molecule has 1 aromatic heterocycles. The number of unbranched alkanes of at least 4 members (excludes halogenated alkanes) is 2. The van der Waals surface area contributed by atoms with Crippen LogP contribution in [-0.2, 0) is 4.79 Å². The Morgan fingerprint density at radius 1 is 1.10 bits per heavy atom. The van der Waals surface area contributed by atoms with Gasteiger partial charge < -0.3 is 4.90 Å². The monoisotopic (exact) mass is 419 g/mol. The zero-order chi connectivity index (χ0) is 22.5. The highest BCUT2D eigenvalue weighted by Crippen LogP contribution is 2.25. The maximum absolute atomic E-state index is 13.6. The molecule has 3 aromatic rings. The van der Waals surface area contributed by atoms with Crippen molar-refractivity contribution in [1.82, 2.24) is 14.5 Å². The van der Waals surface area contributed by atoms with E-state index in [1.807, 2.05) is 75.1 Å². The molecule has 1 unspecified atom stereocenters. The first-order chi connectivity index (χ1) is 14.9. The van der Waals surface area contributed by atoms with Gasteiger partial charge >= 0.3 is 0 Å². The van der Waals surface area contributed by atoms with Gasteiger partial charge in [-0.15, -0.1) is 0 Å².